The molecular formula is C34H36BrN3O5S. The van der Waals surface area contributed by atoms with Crippen molar-refractivity contribution in [3.05, 3.63) is 125 Å². The summed E-state index contributed by atoms with van der Waals surface area (Å²) in [6.07, 6.45) is 0.988. The van der Waals surface area contributed by atoms with Gasteiger partial charge in [-0.1, -0.05) is 83.5 Å². The average molecular weight is 679 g/mol. The smallest absolute Gasteiger partial charge is 0.264 e. The van der Waals surface area contributed by atoms with Gasteiger partial charge < -0.3 is 15.0 Å². The maximum absolute atomic E-state index is 14.4. The summed E-state index contributed by atoms with van der Waals surface area (Å²) >= 11 is 3.45. The zero-order valence-electron chi connectivity index (χ0n) is 24.7. The SMILES string of the molecule is CCCNC(=O)[C@H](Cc1ccccc1)N(Cc1ccc(Br)cc1)C(=O)CN(c1ccccc1)S(=O)(=O)c1ccc(OC)cc1. The van der Waals surface area contributed by atoms with Crippen molar-refractivity contribution in [2.45, 2.75) is 37.2 Å². The highest BCUT2D eigenvalue weighted by Gasteiger charge is 2.34. The molecule has 2 amide bonds. The molecule has 0 bridgehead atoms. The third-order valence-corrected chi connectivity index (χ3v) is 9.37. The molecule has 0 heterocycles. The lowest BCUT2D eigenvalue weighted by atomic mass is 10.0. The lowest BCUT2D eigenvalue weighted by Crippen LogP contribution is -2.53. The van der Waals surface area contributed by atoms with Crippen molar-refractivity contribution in [1.29, 1.82) is 0 Å². The van der Waals surface area contributed by atoms with Crippen LogP contribution in [0.2, 0.25) is 0 Å². The number of nitrogens with one attached hydrogen (secondary N) is 1. The van der Waals surface area contributed by atoms with Gasteiger partial charge >= 0.3 is 0 Å². The fourth-order valence-electron chi connectivity index (χ4n) is 4.70. The minimum atomic E-state index is -4.18. The Morgan fingerprint density at radius 2 is 1.45 bits per heavy atom. The zero-order chi connectivity index (χ0) is 31.5. The first kappa shape index (κ1) is 32.8. The summed E-state index contributed by atoms with van der Waals surface area (Å²) in [4.78, 5) is 29.6. The summed E-state index contributed by atoms with van der Waals surface area (Å²) in [7, 11) is -2.68. The van der Waals surface area contributed by atoms with Crippen molar-refractivity contribution in [3.63, 3.8) is 0 Å². The van der Waals surface area contributed by atoms with E-state index < -0.39 is 28.5 Å². The van der Waals surface area contributed by atoms with Gasteiger partial charge in [-0.3, -0.25) is 13.9 Å². The molecule has 0 aromatic heterocycles. The zero-order valence-corrected chi connectivity index (χ0v) is 27.1. The Hall–Kier alpha value is -4.15. The van der Waals surface area contributed by atoms with E-state index in [0.717, 1.165) is 26.3 Å². The second kappa shape index (κ2) is 15.5. The van der Waals surface area contributed by atoms with E-state index >= 15 is 0 Å². The molecule has 0 spiro atoms. The van der Waals surface area contributed by atoms with Crippen molar-refractivity contribution in [1.82, 2.24) is 10.2 Å². The second-order valence-corrected chi connectivity index (χ2v) is 12.9. The van der Waals surface area contributed by atoms with Crippen LogP contribution in [0.15, 0.2) is 119 Å². The molecule has 1 atom stereocenters. The number of carbonyl (C=O) groups excluding carboxylic acids is 2. The summed E-state index contributed by atoms with van der Waals surface area (Å²) < 4.78 is 35.3. The first-order valence-electron chi connectivity index (χ1n) is 14.3. The van der Waals surface area contributed by atoms with Crippen LogP contribution in [-0.2, 0) is 32.6 Å². The summed E-state index contributed by atoms with van der Waals surface area (Å²) in [5.41, 5.74) is 2.01. The van der Waals surface area contributed by atoms with Crippen molar-refractivity contribution in [3.8, 4) is 5.75 Å². The van der Waals surface area contributed by atoms with E-state index in [0.29, 0.717) is 18.0 Å². The molecular weight excluding hydrogens is 642 g/mol. The summed E-state index contributed by atoms with van der Waals surface area (Å²) in [6.45, 7) is 2.00. The molecule has 44 heavy (non-hydrogen) atoms. The van der Waals surface area contributed by atoms with Crippen LogP contribution in [0, 0.1) is 0 Å². The van der Waals surface area contributed by atoms with E-state index in [1.54, 1.807) is 42.5 Å². The van der Waals surface area contributed by atoms with Gasteiger partial charge in [-0.2, -0.15) is 0 Å². The minimum absolute atomic E-state index is 0.0101. The predicted octanol–water partition coefficient (Wildman–Crippen LogP) is 5.82. The fourth-order valence-corrected chi connectivity index (χ4v) is 6.38. The van der Waals surface area contributed by atoms with Crippen molar-refractivity contribution >= 4 is 43.5 Å². The maximum Gasteiger partial charge on any atom is 0.264 e. The van der Waals surface area contributed by atoms with Crippen LogP contribution in [0.1, 0.15) is 24.5 Å². The van der Waals surface area contributed by atoms with E-state index in [1.807, 2.05) is 61.5 Å². The molecule has 8 nitrogen and oxygen atoms in total. The number of anilines is 1. The first-order chi connectivity index (χ1) is 21.2. The Bertz CT molecular complexity index is 1620. The Kier molecular flexibility index (Phi) is 11.6. The number of para-hydroxylation sites is 1. The number of halogens is 1. The highest BCUT2D eigenvalue weighted by Crippen LogP contribution is 2.26. The quantitative estimate of drug-likeness (QED) is 0.182. The highest BCUT2D eigenvalue weighted by molar-refractivity contribution is 9.10. The number of amides is 2. The van der Waals surface area contributed by atoms with E-state index in [9.17, 15) is 18.0 Å². The van der Waals surface area contributed by atoms with Gasteiger partial charge in [0.2, 0.25) is 11.8 Å². The Morgan fingerprint density at radius 3 is 2.05 bits per heavy atom. The second-order valence-electron chi connectivity index (χ2n) is 10.2. The summed E-state index contributed by atoms with van der Waals surface area (Å²) in [5, 5.41) is 2.95. The van der Waals surface area contributed by atoms with Gasteiger partial charge in [0, 0.05) is 24.0 Å². The third-order valence-electron chi connectivity index (χ3n) is 7.06. The van der Waals surface area contributed by atoms with Crippen molar-refractivity contribution < 1.29 is 22.7 Å². The fraction of sp³-hybridized carbons (Fsp3) is 0.235. The van der Waals surface area contributed by atoms with Crippen LogP contribution in [-0.4, -0.2) is 51.4 Å². The highest BCUT2D eigenvalue weighted by atomic mass is 79.9. The first-order valence-corrected chi connectivity index (χ1v) is 16.5. The molecule has 4 aromatic carbocycles. The number of sulfonamides is 1. The molecule has 0 saturated heterocycles. The van der Waals surface area contributed by atoms with Gasteiger partial charge in [0.05, 0.1) is 17.7 Å². The van der Waals surface area contributed by atoms with E-state index in [1.165, 1.54) is 24.1 Å². The Morgan fingerprint density at radius 1 is 0.841 bits per heavy atom. The van der Waals surface area contributed by atoms with Crippen molar-refractivity contribution in [2.75, 3.05) is 24.5 Å². The number of carbonyl (C=O) groups is 2. The lowest BCUT2D eigenvalue weighted by Gasteiger charge is -2.34. The molecule has 0 radical (unpaired) electrons. The van der Waals surface area contributed by atoms with Gasteiger partial charge in [0.15, 0.2) is 0 Å². The molecule has 0 aliphatic heterocycles. The molecule has 0 aliphatic rings. The summed E-state index contributed by atoms with van der Waals surface area (Å²) in [6, 6.07) is 30.6. The van der Waals surface area contributed by atoms with Gasteiger partial charge in [-0.25, -0.2) is 8.42 Å². The van der Waals surface area contributed by atoms with Gasteiger partial charge in [-0.15, -0.1) is 0 Å². The van der Waals surface area contributed by atoms with Crippen LogP contribution < -0.4 is 14.4 Å². The molecule has 0 aliphatic carbocycles. The number of hydrogen-bond donors (Lipinski definition) is 1. The number of ether oxygens (including phenoxy) is 1. The molecule has 4 rings (SSSR count). The van der Waals surface area contributed by atoms with E-state index in [2.05, 4.69) is 21.2 Å². The lowest BCUT2D eigenvalue weighted by molar-refractivity contribution is -0.140. The molecule has 0 unspecified atom stereocenters. The average Bonchev–Trinajstić information content (AvgIpc) is 3.05. The van der Waals surface area contributed by atoms with Gasteiger partial charge in [0.25, 0.3) is 10.0 Å². The Labute approximate surface area is 267 Å². The maximum atomic E-state index is 14.4. The predicted molar refractivity (Wildman–Crippen MR) is 176 cm³/mol. The number of hydrogen-bond acceptors (Lipinski definition) is 5. The standard InChI is InChI=1S/C34H36BrN3O5S/c1-3-22-36-34(40)32(23-26-10-6-4-7-11-26)37(24-27-14-16-28(35)17-15-27)33(39)25-38(29-12-8-5-9-13-29)44(41,42)31-20-18-30(43-2)19-21-31/h4-21,32H,3,22-25H2,1-2H3,(H,36,40)/t32-/m0/s1. The molecule has 10 heteroatoms. The number of rotatable bonds is 14. The molecule has 230 valence electrons. The van der Waals surface area contributed by atoms with E-state index in [4.69, 9.17) is 4.74 Å². The molecule has 1 N–H and O–H groups in total. The molecule has 0 fully saturated rings. The topological polar surface area (TPSA) is 96.0 Å². The van der Waals surface area contributed by atoms with Crippen LogP contribution in [0.5, 0.6) is 5.75 Å². The monoisotopic (exact) mass is 677 g/mol. The van der Waals surface area contributed by atoms with Gasteiger partial charge in [0.1, 0.15) is 18.3 Å². The van der Waals surface area contributed by atoms with Gasteiger partial charge in [-0.05, 0) is 66.1 Å². The number of nitrogens with zero attached hydrogens (tertiary/aromatic N) is 2. The summed E-state index contributed by atoms with van der Waals surface area (Å²) in [5.74, 6) is -0.305. The minimum Gasteiger partial charge on any atom is -0.497 e. The largest absolute Gasteiger partial charge is 0.497 e. The van der Waals surface area contributed by atoms with Crippen LogP contribution in [0.25, 0.3) is 0 Å². The normalized spacial score (nSPS) is 11.8. The van der Waals surface area contributed by atoms with Crippen LogP contribution in [0.3, 0.4) is 0 Å². The Balaban J connectivity index is 1.77. The van der Waals surface area contributed by atoms with Crippen LogP contribution in [0.4, 0.5) is 5.69 Å². The molecule has 0 saturated carbocycles. The van der Waals surface area contributed by atoms with Crippen molar-refractivity contribution in [2.24, 2.45) is 0 Å². The third kappa shape index (κ3) is 8.48. The van der Waals surface area contributed by atoms with Crippen LogP contribution >= 0.6 is 15.9 Å². The number of methoxy groups -OCH3 is 1. The van der Waals surface area contributed by atoms with E-state index in [-0.39, 0.29) is 23.8 Å². The molecule has 4 aromatic rings. The number of benzene rings is 4.